The number of rotatable bonds is 5. The van der Waals surface area contributed by atoms with E-state index < -0.39 is 5.82 Å². The maximum absolute atomic E-state index is 14.3. The van der Waals surface area contributed by atoms with E-state index >= 15 is 0 Å². The van der Waals surface area contributed by atoms with Gasteiger partial charge in [-0.1, -0.05) is 17.8 Å². The Hall–Kier alpha value is -0.676. The zero-order valence-electron chi connectivity index (χ0n) is 12.5. The number of hydrogen-bond donors (Lipinski definition) is 0. The molecule has 0 saturated heterocycles. The molecule has 0 bridgehead atoms. The molecule has 1 aromatic carbocycles. The van der Waals surface area contributed by atoms with Crippen LogP contribution in [0.25, 0.3) is 5.70 Å². The van der Waals surface area contributed by atoms with Gasteiger partial charge in [0.1, 0.15) is 12.4 Å². The third-order valence-electron chi connectivity index (χ3n) is 3.10. The minimum atomic E-state index is -0.390. The molecular weight excluding hydrogens is 382 g/mol. The summed E-state index contributed by atoms with van der Waals surface area (Å²) in [5, 5.41) is 0.487. The van der Waals surface area contributed by atoms with E-state index in [1.807, 2.05) is 0 Å². The number of benzene rings is 1. The Morgan fingerprint density at radius 3 is 2.73 bits per heavy atom. The molecule has 1 aliphatic rings. The Labute approximate surface area is 160 Å². The molecule has 0 atom stereocenters. The molecule has 1 heterocycles. The van der Waals surface area contributed by atoms with Crippen LogP contribution >= 0.6 is 11.6 Å². The molecule has 0 amide bonds. The summed E-state index contributed by atoms with van der Waals surface area (Å²) in [4.78, 5) is 1.70. The van der Waals surface area contributed by atoms with Crippen molar-refractivity contribution >= 4 is 17.3 Å². The monoisotopic (exact) mass is 397 g/mol. The largest absolute Gasteiger partial charge is 0.491 e. The molecule has 1 aromatic rings. The molecule has 0 fully saturated rings. The molecule has 6 heteroatoms. The van der Waals surface area contributed by atoms with Gasteiger partial charge in [-0.3, -0.25) is 0 Å². The zero-order chi connectivity index (χ0) is 15.4. The van der Waals surface area contributed by atoms with E-state index in [1.165, 1.54) is 6.07 Å². The van der Waals surface area contributed by atoms with Gasteiger partial charge in [0, 0.05) is 52.9 Å². The van der Waals surface area contributed by atoms with E-state index in [2.05, 4.69) is 12.7 Å². The van der Waals surface area contributed by atoms with Gasteiger partial charge in [-0.05, 0) is 16.8 Å². The van der Waals surface area contributed by atoms with Crippen molar-refractivity contribution in [2.75, 3.05) is 27.4 Å². The van der Waals surface area contributed by atoms with Crippen LogP contribution in [0.2, 0.25) is 0 Å². The summed E-state index contributed by atoms with van der Waals surface area (Å²) in [6.07, 6.45) is 4.55. The Morgan fingerprint density at radius 1 is 1.36 bits per heavy atom. The van der Waals surface area contributed by atoms with E-state index in [9.17, 15) is 4.39 Å². The van der Waals surface area contributed by atoms with Gasteiger partial charge in [0.05, 0.1) is 12.4 Å². The zero-order valence-corrected chi connectivity index (χ0v) is 16.1. The first kappa shape index (κ1) is 19.4. The Bertz CT molecular complexity index is 616. The van der Waals surface area contributed by atoms with Gasteiger partial charge >= 0.3 is 0 Å². The van der Waals surface area contributed by atoms with Crippen LogP contribution in [0.3, 0.4) is 0 Å². The number of likely N-dealkylation sites (N-methyl/N-ethyl adjacent to an activating group) is 1. The third-order valence-corrected chi connectivity index (χ3v) is 3.43. The van der Waals surface area contributed by atoms with Gasteiger partial charge in [0.2, 0.25) is 0 Å². The van der Waals surface area contributed by atoms with Gasteiger partial charge in [0.25, 0.3) is 0 Å². The molecule has 0 unspecified atom stereocenters. The van der Waals surface area contributed by atoms with Gasteiger partial charge in [-0.2, -0.15) is 23.8 Å². The average Bonchev–Trinajstić information content (AvgIpc) is 2.46. The van der Waals surface area contributed by atoms with Crippen molar-refractivity contribution in [1.29, 1.82) is 0 Å². The number of allylic oxidation sites excluding steroid dienone is 3. The molecule has 0 aromatic heterocycles. The summed E-state index contributed by atoms with van der Waals surface area (Å²) >= 11 is 5.97. The second kappa shape index (κ2) is 8.83. The normalized spacial score (nSPS) is 14.2. The molecule has 0 aliphatic carbocycles. The van der Waals surface area contributed by atoms with Crippen molar-refractivity contribution in [2.24, 2.45) is 0 Å². The van der Waals surface area contributed by atoms with Crippen LogP contribution in [0.4, 0.5) is 4.39 Å². The molecule has 22 heavy (non-hydrogen) atoms. The first-order chi connectivity index (χ1) is 10.0. The van der Waals surface area contributed by atoms with E-state index in [0.29, 0.717) is 41.0 Å². The van der Waals surface area contributed by atoms with Crippen molar-refractivity contribution < 1.29 is 46.6 Å². The number of ether oxygens (including phenoxy) is 2. The quantitative estimate of drug-likeness (QED) is 0.560. The molecule has 1 radical (unpaired) electrons. The summed E-state index contributed by atoms with van der Waals surface area (Å²) in [5.74, 6) is 0.0678. The summed E-state index contributed by atoms with van der Waals surface area (Å²) in [6, 6.07) is 4.70. The minimum Gasteiger partial charge on any atom is -0.491 e. The molecule has 2 rings (SSSR count). The molecule has 0 N–H and O–H groups in total. The summed E-state index contributed by atoms with van der Waals surface area (Å²) < 4.78 is 24.5. The third kappa shape index (κ3) is 4.42. The number of halogens is 2. The topological polar surface area (TPSA) is 21.7 Å². The van der Waals surface area contributed by atoms with E-state index in [-0.39, 0.29) is 32.7 Å². The molecule has 115 valence electrons. The van der Waals surface area contributed by atoms with Gasteiger partial charge < -0.3 is 14.4 Å². The van der Waals surface area contributed by atoms with Crippen LogP contribution in [0.5, 0.6) is 5.75 Å². The molecule has 1 aliphatic heterocycles. The van der Waals surface area contributed by atoms with Crippen LogP contribution in [0, 0.1) is 11.9 Å². The number of methoxy groups -OCH3 is 1. The molecule has 0 spiro atoms. The molecular formula is C16H16ClFNO2Y-. The van der Waals surface area contributed by atoms with Crippen molar-refractivity contribution in [1.82, 2.24) is 4.90 Å². The van der Waals surface area contributed by atoms with Gasteiger partial charge in [-0.15, -0.1) is 6.07 Å². The molecule has 0 saturated carbocycles. The summed E-state index contributed by atoms with van der Waals surface area (Å²) in [5.41, 5.74) is 1.59. The van der Waals surface area contributed by atoms with Crippen molar-refractivity contribution in [3.05, 3.63) is 59.0 Å². The minimum absolute atomic E-state index is 0. The second-order valence-electron chi connectivity index (χ2n) is 4.47. The van der Waals surface area contributed by atoms with E-state index in [1.54, 1.807) is 37.3 Å². The van der Waals surface area contributed by atoms with Crippen LogP contribution < -0.4 is 4.74 Å². The average molecular weight is 398 g/mol. The van der Waals surface area contributed by atoms with E-state index in [0.717, 1.165) is 0 Å². The van der Waals surface area contributed by atoms with Gasteiger partial charge in [-0.25, -0.2) is 4.39 Å². The Kier molecular flexibility index (Phi) is 7.77. The fourth-order valence-corrected chi connectivity index (χ4v) is 2.07. The fourth-order valence-electron chi connectivity index (χ4n) is 1.89. The van der Waals surface area contributed by atoms with Crippen LogP contribution in [-0.4, -0.2) is 32.3 Å². The number of nitrogens with zero attached hydrogens (tertiary/aromatic N) is 1. The van der Waals surface area contributed by atoms with Crippen LogP contribution in [-0.2, 0) is 37.4 Å². The Balaban J connectivity index is 0.00000242. The predicted octanol–water partition coefficient (Wildman–Crippen LogP) is 3.57. The van der Waals surface area contributed by atoms with Crippen molar-refractivity contribution in [2.45, 2.75) is 0 Å². The van der Waals surface area contributed by atoms with E-state index in [4.69, 9.17) is 21.1 Å². The van der Waals surface area contributed by atoms with Crippen molar-refractivity contribution in [3.63, 3.8) is 0 Å². The standard InChI is InChI=1S/C16H16ClFNO2.Y/c1-11-14(17)6-7-16(19(11)2)13-5-4-12(10-15(13)18)21-9-8-20-3;/h4-6,10H,1,8-9H2,2-3H3;/q-1;. The summed E-state index contributed by atoms with van der Waals surface area (Å²) in [6.45, 7) is 4.68. The maximum atomic E-state index is 14.3. The molecule has 3 nitrogen and oxygen atoms in total. The predicted molar refractivity (Wildman–Crippen MR) is 81.3 cm³/mol. The smallest absolute Gasteiger partial charge is 0.120 e. The van der Waals surface area contributed by atoms with Crippen LogP contribution in [0.1, 0.15) is 5.56 Å². The summed E-state index contributed by atoms with van der Waals surface area (Å²) in [7, 11) is 3.35. The second-order valence-corrected chi connectivity index (χ2v) is 4.88. The van der Waals surface area contributed by atoms with Gasteiger partial charge in [0.15, 0.2) is 0 Å². The Morgan fingerprint density at radius 2 is 2.09 bits per heavy atom. The first-order valence-electron chi connectivity index (χ1n) is 6.38. The van der Waals surface area contributed by atoms with Crippen molar-refractivity contribution in [3.8, 4) is 5.75 Å². The first-order valence-corrected chi connectivity index (χ1v) is 6.76. The van der Waals surface area contributed by atoms with Crippen LogP contribution in [0.15, 0.2) is 41.6 Å². The number of hydrogen-bond acceptors (Lipinski definition) is 3. The SMILES string of the molecule is C=C1C(Cl)=C[C-]=C(c2ccc(OCCOC)cc2F)N1C.[Y]. The maximum Gasteiger partial charge on any atom is 0.120 e. The fraction of sp³-hybridized carbons (Fsp3) is 0.250.